The molecule has 0 radical (unpaired) electrons. The van der Waals surface area contributed by atoms with Gasteiger partial charge in [0, 0.05) is 37.1 Å². The largest absolute Gasteiger partial charge is 0.423 e. The fraction of sp³-hybridized carbons (Fsp3) is 0.308. The van der Waals surface area contributed by atoms with Gasteiger partial charge >= 0.3 is 0 Å². The first-order chi connectivity index (χ1) is 16.9. The minimum atomic E-state index is -0.482. The van der Waals surface area contributed by atoms with Gasteiger partial charge in [-0.3, -0.25) is 4.79 Å². The highest BCUT2D eigenvalue weighted by molar-refractivity contribution is 6.01. The van der Waals surface area contributed by atoms with E-state index in [0.29, 0.717) is 41.1 Å². The van der Waals surface area contributed by atoms with Crippen molar-refractivity contribution in [2.75, 3.05) is 18.4 Å². The highest BCUT2D eigenvalue weighted by atomic mass is 19.1. The third-order valence-electron chi connectivity index (χ3n) is 6.51. The van der Waals surface area contributed by atoms with Crippen molar-refractivity contribution >= 4 is 23.0 Å². The monoisotopic (exact) mass is 477 g/mol. The van der Waals surface area contributed by atoms with E-state index >= 15 is 0 Å². The second kappa shape index (κ2) is 9.40. The molecule has 1 amide bonds. The van der Waals surface area contributed by atoms with Gasteiger partial charge in [-0.15, -0.1) is 0 Å². The average Bonchev–Trinajstić information content (AvgIpc) is 3.24. The third kappa shape index (κ3) is 4.58. The number of piperidine rings is 1. The van der Waals surface area contributed by atoms with Crippen LogP contribution < -0.4 is 5.32 Å². The zero-order valence-corrected chi connectivity index (χ0v) is 19.5. The number of fused-ring (bicyclic) bond motifs is 1. The zero-order valence-electron chi connectivity index (χ0n) is 19.5. The van der Waals surface area contributed by atoms with Crippen LogP contribution in [0.5, 0.6) is 0 Å². The first-order valence-electron chi connectivity index (χ1n) is 11.6. The molecule has 2 unspecified atom stereocenters. The molecule has 0 saturated carbocycles. The van der Waals surface area contributed by atoms with Crippen LogP contribution in [0.1, 0.15) is 35.7 Å². The second-order valence-corrected chi connectivity index (χ2v) is 8.92. The molecule has 3 heterocycles. The number of aryl methyl sites for hydroxylation is 1. The molecule has 0 aliphatic carbocycles. The number of rotatable bonds is 5. The Balaban J connectivity index is 1.44. The molecule has 2 aromatic heterocycles. The van der Waals surface area contributed by atoms with Crippen LogP contribution in [0.4, 0.5) is 14.8 Å². The number of benzene rings is 2. The van der Waals surface area contributed by atoms with Crippen molar-refractivity contribution in [2.24, 2.45) is 5.92 Å². The van der Waals surface area contributed by atoms with Gasteiger partial charge in [0.25, 0.3) is 11.9 Å². The van der Waals surface area contributed by atoms with Gasteiger partial charge < -0.3 is 14.6 Å². The summed E-state index contributed by atoms with van der Waals surface area (Å²) < 4.78 is 33.6. The number of amides is 1. The Morgan fingerprint density at radius 2 is 1.97 bits per heavy atom. The van der Waals surface area contributed by atoms with Crippen molar-refractivity contribution < 1.29 is 18.0 Å². The highest BCUT2D eigenvalue weighted by Crippen LogP contribution is 2.31. The van der Waals surface area contributed by atoms with Gasteiger partial charge in [-0.25, -0.2) is 18.7 Å². The van der Waals surface area contributed by atoms with Crippen LogP contribution in [-0.2, 0) is 0 Å². The van der Waals surface area contributed by atoms with Gasteiger partial charge in [-0.1, -0.05) is 6.92 Å². The van der Waals surface area contributed by atoms with Crippen molar-refractivity contribution in [1.29, 1.82) is 0 Å². The van der Waals surface area contributed by atoms with Gasteiger partial charge in [0.2, 0.25) is 0 Å². The normalized spacial score (nSPS) is 18.1. The summed E-state index contributed by atoms with van der Waals surface area (Å²) >= 11 is 0. The number of aromatic nitrogens is 3. The molecule has 5 rings (SSSR count). The molecule has 1 N–H and O–H groups in total. The van der Waals surface area contributed by atoms with Crippen molar-refractivity contribution in [1.82, 2.24) is 19.9 Å². The van der Waals surface area contributed by atoms with E-state index in [2.05, 4.69) is 27.2 Å². The van der Waals surface area contributed by atoms with Gasteiger partial charge in [0.05, 0.1) is 11.6 Å². The average molecular weight is 478 g/mol. The standard InChI is InChI=1S/C26H25F2N5O2/c1-15-5-3-10-33(21(15)14-31-26-32-20-7-6-17(27)13-22(20)35-26)25(34)19-12-18(28)11-16(2)23(19)24-29-8-4-9-30-24/h4,6-9,11-13,15,21H,3,5,10,14H2,1-2H3,(H,31,32). The molecule has 2 atom stereocenters. The summed E-state index contributed by atoms with van der Waals surface area (Å²) in [5.41, 5.74) is 2.26. The van der Waals surface area contributed by atoms with Crippen LogP contribution in [0.15, 0.2) is 53.2 Å². The molecule has 0 bridgehead atoms. The number of hydrogen-bond donors (Lipinski definition) is 1. The van der Waals surface area contributed by atoms with Crippen molar-refractivity contribution in [3.8, 4) is 11.4 Å². The van der Waals surface area contributed by atoms with Crippen molar-refractivity contribution in [3.63, 3.8) is 0 Å². The number of carbonyl (C=O) groups is 1. The fourth-order valence-corrected chi connectivity index (χ4v) is 4.77. The number of oxazole rings is 1. The van der Waals surface area contributed by atoms with Gasteiger partial charge in [0.1, 0.15) is 17.2 Å². The Hall–Kier alpha value is -3.88. The number of nitrogens with zero attached hydrogens (tertiary/aromatic N) is 4. The van der Waals surface area contributed by atoms with Crippen LogP contribution >= 0.6 is 0 Å². The maximum absolute atomic E-state index is 14.5. The first-order valence-corrected chi connectivity index (χ1v) is 11.6. The number of nitrogens with one attached hydrogen (secondary N) is 1. The highest BCUT2D eigenvalue weighted by Gasteiger charge is 2.34. The summed E-state index contributed by atoms with van der Waals surface area (Å²) in [7, 11) is 0. The number of likely N-dealkylation sites (tertiary alicyclic amines) is 1. The molecule has 1 saturated heterocycles. The third-order valence-corrected chi connectivity index (χ3v) is 6.51. The predicted molar refractivity (Wildman–Crippen MR) is 128 cm³/mol. The summed E-state index contributed by atoms with van der Waals surface area (Å²) in [6, 6.07) is 8.58. The molecular weight excluding hydrogens is 452 g/mol. The van der Waals surface area contributed by atoms with E-state index < -0.39 is 11.6 Å². The molecular formula is C26H25F2N5O2. The fourth-order valence-electron chi connectivity index (χ4n) is 4.77. The summed E-state index contributed by atoms with van der Waals surface area (Å²) in [6.07, 6.45) is 4.99. The Labute approximate surface area is 201 Å². The lowest BCUT2D eigenvalue weighted by molar-refractivity contribution is 0.0539. The molecule has 2 aromatic carbocycles. The smallest absolute Gasteiger partial charge is 0.295 e. The molecule has 4 aromatic rings. The lowest BCUT2D eigenvalue weighted by atomic mass is 9.89. The predicted octanol–water partition coefficient (Wildman–Crippen LogP) is 5.22. The summed E-state index contributed by atoms with van der Waals surface area (Å²) in [4.78, 5) is 28.6. The van der Waals surface area contributed by atoms with Gasteiger partial charge in [-0.2, -0.15) is 4.98 Å². The van der Waals surface area contributed by atoms with E-state index in [1.807, 2.05) is 0 Å². The van der Waals surface area contributed by atoms with E-state index in [4.69, 9.17) is 4.42 Å². The van der Waals surface area contributed by atoms with Crippen LogP contribution in [0.25, 0.3) is 22.5 Å². The summed E-state index contributed by atoms with van der Waals surface area (Å²) in [5, 5.41) is 3.17. The lowest BCUT2D eigenvalue weighted by Crippen LogP contribution is -2.51. The molecule has 35 heavy (non-hydrogen) atoms. The number of carbonyl (C=O) groups excluding carboxylic acids is 1. The zero-order chi connectivity index (χ0) is 24.5. The summed E-state index contributed by atoms with van der Waals surface area (Å²) in [5.74, 6) is -0.585. The van der Waals surface area contributed by atoms with E-state index in [0.717, 1.165) is 12.8 Å². The Kier molecular flexibility index (Phi) is 6.15. The topological polar surface area (TPSA) is 84.2 Å². The molecule has 1 fully saturated rings. The minimum absolute atomic E-state index is 0.184. The van der Waals surface area contributed by atoms with E-state index in [-0.39, 0.29) is 29.4 Å². The van der Waals surface area contributed by atoms with Crippen LogP contribution in [0.2, 0.25) is 0 Å². The van der Waals surface area contributed by atoms with E-state index in [9.17, 15) is 13.6 Å². The maximum Gasteiger partial charge on any atom is 0.295 e. The lowest BCUT2D eigenvalue weighted by Gasteiger charge is -2.40. The van der Waals surface area contributed by atoms with Gasteiger partial charge in [0.15, 0.2) is 11.4 Å². The van der Waals surface area contributed by atoms with Crippen LogP contribution in [0.3, 0.4) is 0 Å². The molecule has 0 spiro atoms. The number of hydrogen-bond acceptors (Lipinski definition) is 6. The number of anilines is 1. The Bertz CT molecular complexity index is 1380. The van der Waals surface area contributed by atoms with Gasteiger partial charge in [-0.05, 0) is 61.6 Å². The quantitative estimate of drug-likeness (QED) is 0.424. The first kappa shape index (κ1) is 22.9. The minimum Gasteiger partial charge on any atom is -0.423 e. The van der Waals surface area contributed by atoms with E-state index in [1.165, 1.54) is 24.3 Å². The van der Waals surface area contributed by atoms with Crippen molar-refractivity contribution in [2.45, 2.75) is 32.7 Å². The van der Waals surface area contributed by atoms with E-state index in [1.54, 1.807) is 36.4 Å². The molecule has 180 valence electrons. The molecule has 7 nitrogen and oxygen atoms in total. The van der Waals surface area contributed by atoms with Crippen LogP contribution in [0, 0.1) is 24.5 Å². The Morgan fingerprint density at radius 1 is 1.17 bits per heavy atom. The van der Waals surface area contributed by atoms with Crippen molar-refractivity contribution in [3.05, 3.63) is 71.6 Å². The molecule has 1 aliphatic rings. The summed E-state index contributed by atoms with van der Waals surface area (Å²) in [6.45, 7) is 4.76. The second-order valence-electron chi connectivity index (χ2n) is 8.92. The Morgan fingerprint density at radius 3 is 2.77 bits per heavy atom. The molecule has 9 heteroatoms. The SMILES string of the molecule is Cc1cc(F)cc(C(=O)N2CCCC(C)C2CNc2nc3ccc(F)cc3o2)c1-c1ncccn1. The van der Waals surface area contributed by atoms with Crippen LogP contribution in [-0.4, -0.2) is 44.9 Å². The maximum atomic E-state index is 14.5. The molecule has 1 aliphatic heterocycles. The number of halogens is 2.